The molecule has 1 N–H and O–H groups in total. The van der Waals surface area contributed by atoms with Gasteiger partial charge in [0.1, 0.15) is 0 Å². The number of hydrogen-bond acceptors (Lipinski definition) is 2. The van der Waals surface area contributed by atoms with Crippen molar-refractivity contribution in [3.63, 3.8) is 0 Å². The maximum absolute atomic E-state index is 6.32. The molecule has 0 fully saturated rings. The lowest BCUT2D eigenvalue weighted by Gasteiger charge is -2.28. The van der Waals surface area contributed by atoms with Crippen LogP contribution in [0.1, 0.15) is 32.3 Å². The number of halogens is 1. The van der Waals surface area contributed by atoms with Crippen LogP contribution in [-0.2, 0) is 13.1 Å². The predicted molar refractivity (Wildman–Crippen MR) is 104 cm³/mol. The lowest BCUT2D eigenvalue weighted by atomic mass is 10.2. The van der Waals surface area contributed by atoms with Crippen LogP contribution < -0.4 is 5.32 Å². The quantitative estimate of drug-likeness (QED) is 0.715. The molecule has 6 heteroatoms. The van der Waals surface area contributed by atoms with E-state index >= 15 is 0 Å². The molecule has 130 valence electrons. The second-order valence-corrected chi connectivity index (χ2v) is 6.72. The molecule has 0 saturated carbocycles. The van der Waals surface area contributed by atoms with E-state index in [0.29, 0.717) is 12.6 Å². The first-order valence-corrected chi connectivity index (χ1v) is 9.13. The van der Waals surface area contributed by atoms with Gasteiger partial charge in [0.2, 0.25) is 0 Å². The van der Waals surface area contributed by atoms with Crippen molar-refractivity contribution in [1.82, 2.24) is 19.8 Å². The molecule has 0 amide bonds. The Morgan fingerprint density at radius 3 is 2.88 bits per heavy atom. The summed E-state index contributed by atoms with van der Waals surface area (Å²) in [5.74, 6) is 0. The molecule has 1 aromatic carbocycles. The van der Waals surface area contributed by atoms with E-state index < -0.39 is 0 Å². The van der Waals surface area contributed by atoms with Gasteiger partial charge in [0.05, 0.1) is 6.33 Å². The molecular formula is C18H25ClN4S. The van der Waals surface area contributed by atoms with E-state index in [2.05, 4.69) is 39.7 Å². The highest BCUT2D eigenvalue weighted by Crippen LogP contribution is 2.17. The van der Waals surface area contributed by atoms with E-state index in [1.54, 1.807) is 6.20 Å². The van der Waals surface area contributed by atoms with Gasteiger partial charge in [0.15, 0.2) is 5.11 Å². The van der Waals surface area contributed by atoms with Crippen molar-refractivity contribution in [3.05, 3.63) is 53.6 Å². The van der Waals surface area contributed by atoms with E-state index in [4.69, 9.17) is 23.8 Å². The number of aromatic nitrogens is 2. The van der Waals surface area contributed by atoms with Crippen LogP contribution in [0.2, 0.25) is 5.02 Å². The van der Waals surface area contributed by atoms with E-state index in [1.165, 1.54) is 0 Å². The van der Waals surface area contributed by atoms with Gasteiger partial charge in [0.25, 0.3) is 0 Å². The Kier molecular flexibility index (Phi) is 7.53. The molecule has 0 aliphatic carbocycles. The molecule has 0 radical (unpaired) electrons. The molecule has 2 aromatic rings. The number of aryl methyl sites for hydroxylation is 1. The van der Waals surface area contributed by atoms with Crippen molar-refractivity contribution < 1.29 is 0 Å². The monoisotopic (exact) mass is 364 g/mol. The van der Waals surface area contributed by atoms with Crippen molar-refractivity contribution in [3.8, 4) is 0 Å². The molecule has 0 bridgehead atoms. The minimum absolute atomic E-state index is 0.361. The number of benzene rings is 1. The summed E-state index contributed by atoms with van der Waals surface area (Å²) >= 11 is 11.9. The van der Waals surface area contributed by atoms with E-state index in [1.807, 2.05) is 30.7 Å². The van der Waals surface area contributed by atoms with Crippen LogP contribution in [0.5, 0.6) is 0 Å². The highest BCUT2D eigenvalue weighted by Gasteiger charge is 2.13. The molecular weight excluding hydrogens is 340 g/mol. The summed E-state index contributed by atoms with van der Waals surface area (Å²) in [5.41, 5.74) is 1.09. The first kappa shape index (κ1) is 18.7. The van der Waals surface area contributed by atoms with Crippen molar-refractivity contribution in [1.29, 1.82) is 0 Å². The highest BCUT2D eigenvalue weighted by molar-refractivity contribution is 7.80. The standard InChI is InChI=1S/C18H25ClN4S/c1-3-15(2)21-18(24)23(11-6-10-22-12-9-20-14-22)13-16-7-4-5-8-17(16)19/h4-5,7-9,12,14-15H,3,6,10-11,13H2,1-2H3,(H,21,24). The number of nitrogens with zero attached hydrogens (tertiary/aromatic N) is 3. The van der Waals surface area contributed by atoms with Crippen molar-refractivity contribution in [2.75, 3.05) is 6.54 Å². The summed E-state index contributed by atoms with van der Waals surface area (Å²) < 4.78 is 2.08. The topological polar surface area (TPSA) is 33.1 Å². The van der Waals surface area contributed by atoms with Crippen LogP contribution in [0.15, 0.2) is 43.0 Å². The normalized spacial score (nSPS) is 12.0. The smallest absolute Gasteiger partial charge is 0.169 e. The van der Waals surface area contributed by atoms with Gasteiger partial charge in [-0.2, -0.15) is 0 Å². The molecule has 24 heavy (non-hydrogen) atoms. The molecule has 0 aliphatic heterocycles. The first-order chi connectivity index (χ1) is 11.6. The molecule has 1 heterocycles. The zero-order chi connectivity index (χ0) is 17.4. The number of nitrogens with one attached hydrogen (secondary N) is 1. The van der Waals surface area contributed by atoms with E-state index in [-0.39, 0.29) is 0 Å². The van der Waals surface area contributed by atoms with Crippen molar-refractivity contribution in [2.24, 2.45) is 0 Å². The summed E-state index contributed by atoms with van der Waals surface area (Å²) in [6.45, 7) is 6.80. The fourth-order valence-electron chi connectivity index (χ4n) is 2.35. The van der Waals surface area contributed by atoms with Crippen molar-refractivity contribution in [2.45, 2.75) is 45.8 Å². The number of imidazole rings is 1. The van der Waals surface area contributed by atoms with Crippen LogP contribution in [0, 0.1) is 0 Å². The van der Waals surface area contributed by atoms with Gasteiger partial charge in [-0.3, -0.25) is 0 Å². The summed E-state index contributed by atoms with van der Waals surface area (Å²) in [7, 11) is 0. The first-order valence-electron chi connectivity index (χ1n) is 8.34. The van der Waals surface area contributed by atoms with E-state index in [9.17, 15) is 0 Å². The third kappa shape index (κ3) is 5.80. The molecule has 0 aliphatic rings. The Balaban J connectivity index is 1.99. The van der Waals surface area contributed by atoms with Gasteiger partial charge >= 0.3 is 0 Å². The number of hydrogen-bond donors (Lipinski definition) is 1. The molecule has 1 aromatic heterocycles. The molecule has 0 saturated heterocycles. The molecule has 4 nitrogen and oxygen atoms in total. The lowest BCUT2D eigenvalue weighted by molar-refractivity contribution is 0.379. The zero-order valence-electron chi connectivity index (χ0n) is 14.3. The summed E-state index contributed by atoms with van der Waals surface area (Å²) in [5, 5.41) is 4.98. The minimum atomic E-state index is 0.361. The second-order valence-electron chi connectivity index (χ2n) is 5.93. The summed E-state index contributed by atoms with van der Waals surface area (Å²) in [6.07, 6.45) is 7.65. The second kappa shape index (κ2) is 9.64. The molecule has 1 atom stereocenters. The van der Waals surface area contributed by atoms with Gasteiger partial charge in [-0.05, 0) is 43.6 Å². The fourth-order valence-corrected chi connectivity index (χ4v) is 2.90. The van der Waals surface area contributed by atoms with Crippen LogP contribution in [0.4, 0.5) is 0 Å². The SMILES string of the molecule is CCC(C)NC(=S)N(CCCn1ccnc1)Cc1ccccc1Cl. The largest absolute Gasteiger partial charge is 0.360 e. The average Bonchev–Trinajstić information content (AvgIpc) is 3.09. The number of rotatable bonds is 8. The van der Waals surface area contributed by atoms with Crippen LogP contribution in [0.3, 0.4) is 0 Å². The zero-order valence-corrected chi connectivity index (χ0v) is 15.9. The number of thiocarbonyl (C=S) groups is 1. The summed E-state index contributed by atoms with van der Waals surface area (Å²) in [6, 6.07) is 8.30. The molecule has 0 spiro atoms. The fraction of sp³-hybridized carbons (Fsp3) is 0.444. The minimum Gasteiger partial charge on any atom is -0.360 e. The Hall–Kier alpha value is -1.59. The van der Waals surface area contributed by atoms with Gasteiger partial charge in [-0.15, -0.1) is 0 Å². The van der Waals surface area contributed by atoms with E-state index in [0.717, 1.165) is 41.6 Å². The maximum atomic E-state index is 6.32. The average molecular weight is 365 g/mol. The highest BCUT2D eigenvalue weighted by atomic mass is 35.5. The van der Waals surface area contributed by atoms with Crippen LogP contribution in [0.25, 0.3) is 0 Å². The lowest BCUT2D eigenvalue weighted by Crippen LogP contribution is -2.43. The molecule has 2 rings (SSSR count). The van der Waals surface area contributed by atoms with Crippen LogP contribution in [-0.4, -0.2) is 32.2 Å². The Morgan fingerprint density at radius 2 is 2.21 bits per heavy atom. The summed E-state index contributed by atoms with van der Waals surface area (Å²) in [4.78, 5) is 6.27. The Bertz CT molecular complexity index is 630. The van der Waals surface area contributed by atoms with Crippen LogP contribution >= 0.6 is 23.8 Å². The Morgan fingerprint density at radius 1 is 1.42 bits per heavy atom. The third-order valence-corrected chi connectivity index (χ3v) is 4.74. The van der Waals surface area contributed by atoms with Crippen molar-refractivity contribution >= 4 is 28.9 Å². The molecule has 1 unspecified atom stereocenters. The van der Waals surface area contributed by atoms with Gasteiger partial charge < -0.3 is 14.8 Å². The van der Waals surface area contributed by atoms with Gasteiger partial charge in [0, 0.05) is 43.1 Å². The third-order valence-electron chi connectivity index (χ3n) is 3.99. The Labute approximate surface area is 154 Å². The predicted octanol–water partition coefficient (Wildman–Crippen LogP) is 4.10. The van der Waals surface area contributed by atoms with Gasteiger partial charge in [-0.25, -0.2) is 4.98 Å². The maximum Gasteiger partial charge on any atom is 0.169 e. The van der Waals surface area contributed by atoms with Gasteiger partial charge in [-0.1, -0.05) is 36.7 Å².